The summed E-state index contributed by atoms with van der Waals surface area (Å²) in [5.74, 6) is 0.495. The lowest BCUT2D eigenvalue weighted by atomic mass is 10.3. The molecule has 6 nitrogen and oxygen atoms in total. The van der Waals surface area contributed by atoms with Crippen LogP contribution in [-0.4, -0.2) is 28.0 Å². The molecular weight excluding hydrogens is 414 g/mol. The molecule has 0 N–H and O–H groups in total. The van der Waals surface area contributed by atoms with Crippen LogP contribution in [0.2, 0.25) is 5.02 Å². The summed E-state index contributed by atoms with van der Waals surface area (Å²) in [4.78, 5) is 11.9. The van der Waals surface area contributed by atoms with E-state index in [4.69, 9.17) is 16.3 Å². The summed E-state index contributed by atoms with van der Waals surface area (Å²) in [5, 5.41) is 0.408. The van der Waals surface area contributed by atoms with Crippen molar-refractivity contribution in [3.63, 3.8) is 0 Å². The first-order valence-corrected chi connectivity index (χ1v) is 10.4. The highest BCUT2D eigenvalue weighted by molar-refractivity contribution is 7.92. The molecule has 0 spiro atoms. The molecule has 0 amide bonds. The Bertz CT molecular complexity index is 1070. The van der Waals surface area contributed by atoms with Gasteiger partial charge in [0.15, 0.2) is 0 Å². The number of hydrogen-bond donors (Lipinski definition) is 0. The van der Waals surface area contributed by atoms with Crippen LogP contribution in [0.15, 0.2) is 83.8 Å². The van der Waals surface area contributed by atoms with E-state index in [-0.39, 0.29) is 4.90 Å². The highest BCUT2D eigenvalue weighted by atomic mass is 35.5. The van der Waals surface area contributed by atoms with Crippen molar-refractivity contribution in [3.8, 4) is 11.5 Å². The van der Waals surface area contributed by atoms with Crippen LogP contribution in [0.1, 0.15) is 0 Å². The summed E-state index contributed by atoms with van der Waals surface area (Å²) in [6, 6.07) is 21.3. The van der Waals surface area contributed by atoms with Gasteiger partial charge in [-0.05, 0) is 60.7 Å². The van der Waals surface area contributed by atoms with E-state index >= 15 is 0 Å². The van der Waals surface area contributed by atoms with Crippen LogP contribution in [0.5, 0.6) is 11.5 Å². The summed E-state index contributed by atoms with van der Waals surface area (Å²) in [5.41, 5.74) is 0.297. The molecule has 3 aromatic carbocycles. The number of ether oxygens (including phenoxy) is 2. The molecule has 3 aromatic rings. The first kappa shape index (κ1) is 20.7. The Kier molecular flexibility index (Phi) is 6.41. The highest BCUT2D eigenvalue weighted by Crippen LogP contribution is 2.28. The van der Waals surface area contributed by atoms with Gasteiger partial charge in [0, 0.05) is 5.02 Å². The number of halogens is 1. The van der Waals surface area contributed by atoms with Gasteiger partial charge < -0.3 is 9.47 Å². The fraction of sp³-hybridized carbons (Fsp3) is 0.0952. The molecule has 29 heavy (non-hydrogen) atoms. The van der Waals surface area contributed by atoms with Crippen LogP contribution in [-0.2, 0) is 19.6 Å². The zero-order valence-electron chi connectivity index (χ0n) is 15.5. The summed E-state index contributed by atoms with van der Waals surface area (Å²) in [7, 11) is -2.81. The summed E-state index contributed by atoms with van der Waals surface area (Å²) < 4.78 is 37.6. The normalized spacial score (nSPS) is 11.0. The SMILES string of the molecule is COC(=O)CN(c1ccc(Oc2ccccc2)cc1)S(=O)(=O)c1ccc(Cl)cc1. The standard InChI is InChI=1S/C21H18ClNO5S/c1-27-21(24)15-23(29(25,26)20-13-7-16(22)8-14-20)17-9-11-19(12-10-17)28-18-5-3-2-4-6-18/h2-14H,15H2,1H3. The Balaban J connectivity index is 1.92. The lowest BCUT2D eigenvalue weighted by molar-refractivity contribution is -0.138. The fourth-order valence-corrected chi connectivity index (χ4v) is 4.07. The number of nitrogens with zero attached hydrogens (tertiary/aromatic N) is 1. The fourth-order valence-electron chi connectivity index (χ4n) is 2.54. The van der Waals surface area contributed by atoms with Gasteiger partial charge in [0.2, 0.25) is 0 Å². The molecule has 0 saturated carbocycles. The van der Waals surface area contributed by atoms with E-state index in [1.807, 2.05) is 30.3 Å². The molecule has 0 unspecified atom stereocenters. The average Bonchev–Trinajstić information content (AvgIpc) is 2.73. The first-order chi connectivity index (χ1) is 13.9. The predicted molar refractivity (Wildman–Crippen MR) is 111 cm³/mol. The maximum atomic E-state index is 13.1. The van der Waals surface area contributed by atoms with Crippen LogP contribution in [0.25, 0.3) is 0 Å². The van der Waals surface area contributed by atoms with Crippen molar-refractivity contribution in [2.45, 2.75) is 4.90 Å². The number of benzene rings is 3. The van der Waals surface area contributed by atoms with E-state index in [1.54, 1.807) is 24.3 Å². The van der Waals surface area contributed by atoms with Gasteiger partial charge in [0.25, 0.3) is 10.0 Å². The number of para-hydroxylation sites is 1. The lowest BCUT2D eigenvalue weighted by Gasteiger charge is -2.23. The number of carbonyl (C=O) groups is 1. The maximum Gasteiger partial charge on any atom is 0.326 e. The van der Waals surface area contributed by atoms with Crippen LogP contribution in [0.3, 0.4) is 0 Å². The van der Waals surface area contributed by atoms with Crippen molar-refractivity contribution in [1.29, 1.82) is 0 Å². The maximum absolute atomic E-state index is 13.1. The van der Waals surface area contributed by atoms with E-state index in [1.165, 1.54) is 31.4 Å². The van der Waals surface area contributed by atoms with E-state index < -0.39 is 22.5 Å². The van der Waals surface area contributed by atoms with E-state index in [0.717, 1.165) is 4.31 Å². The second-order valence-corrected chi connectivity index (χ2v) is 8.25. The van der Waals surface area contributed by atoms with Crippen LogP contribution in [0, 0.1) is 0 Å². The van der Waals surface area contributed by atoms with Gasteiger partial charge in [0.1, 0.15) is 18.0 Å². The smallest absolute Gasteiger partial charge is 0.326 e. The van der Waals surface area contributed by atoms with Crippen molar-refractivity contribution in [3.05, 3.63) is 83.9 Å². The molecule has 0 aliphatic rings. The second-order valence-electron chi connectivity index (χ2n) is 5.95. The van der Waals surface area contributed by atoms with E-state index in [9.17, 15) is 13.2 Å². The molecule has 0 saturated heterocycles. The summed E-state index contributed by atoms with van der Waals surface area (Å²) in [6.07, 6.45) is 0. The number of anilines is 1. The van der Waals surface area contributed by atoms with Crippen LogP contribution in [0.4, 0.5) is 5.69 Å². The monoisotopic (exact) mass is 431 g/mol. The van der Waals surface area contributed by atoms with Gasteiger partial charge in [-0.2, -0.15) is 0 Å². The van der Waals surface area contributed by atoms with Crippen molar-refractivity contribution < 1.29 is 22.7 Å². The molecule has 8 heteroatoms. The minimum Gasteiger partial charge on any atom is -0.468 e. The lowest BCUT2D eigenvalue weighted by Crippen LogP contribution is -2.36. The van der Waals surface area contributed by atoms with Crippen molar-refractivity contribution in [2.24, 2.45) is 0 Å². The number of carbonyl (C=O) groups excluding carboxylic acids is 1. The van der Waals surface area contributed by atoms with E-state index in [0.29, 0.717) is 22.2 Å². The van der Waals surface area contributed by atoms with Crippen molar-refractivity contribution in [2.75, 3.05) is 18.0 Å². The molecule has 0 aromatic heterocycles. The van der Waals surface area contributed by atoms with Crippen LogP contribution < -0.4 is 9.04 Å². The van der Waals surface area contributed by atoms with Crippen molar-refractivity contribution in [1.82, 2.24) is 0 Å². The molecule has 0 aliphatic carbocycles. The number of rotatable bonds is 7. The number of esters is 1. The molecule has 3 rings (SSSR count). The minimum absolute atomic E-state index is 0.00964. The minimum atomic E-state index is -4.01. The van der Waals surface area contributed by atoms with Gasteiger partial charge in [-0.1, -0.05) is 29.8 Å². The zero-order valence-corrected chi connectivity index (χ0v) is 17.1. The van der Waals surface area contributed by atoms with Crippen LogP contribution >= 0.6 is 11.6 Å². The largest absolute Gasteiger partial charge is 0.468 e. The summed E-state index contributed by atoms with van der Waals surface area (Å²) >= 11 is 5.85. The highest BCUT2D eigenvalue weighted by Gasteiger charge is 2.27. The Morgan fingerprint density at radius 2 is 1.48 bits per heavy atom. The molecule has 0 radical (unpaired) electrons. The number of sulfonamides is 1. The zero-order chi connectivity index (χ0) is 20.9. The second kappa shape index (κ2) is 8.98. The van der Waals surface area contributed by atoms with Gasteiger partial charge in [0.05, 0.1) is 17.7 Å². The van der Waals surface area contributed by atoms with Gasteiger partial charge >= 0.3 is 5.97 Å². The third-order valence-electron chi connectivity index (χ3n) is 4.01. The van der Waals surface area contributed by atoms with Gasteiger partial charge in [-0.3, -0.25) is 9.10 Å². The quantitative estimate of drug-likeness (QED) is 0.515. The Labute approximate surface area is 174 Å². The molecular formula is C21H18ClNO5S. The first-order valence-electron chi connectivity index (χ1n) is 8.58. The Hall–Kier alpha value is -3.03. The van der Waals surface area contributed by atoms with E-state index in [2.05, 4.69) is 4.74 Å². The van der Waals surface area contributed by atoms with Gasteiger partial charge in [-0.15, -0.1) is 0 Å². The van der Waals surface area contributed by atoms with Gasteiger partial charge in [-0.25, -0.2) is 8.42 Å². The number of hydrogen-bond acceptors (Lipinski definition) is 5. The summed E-state index contributed by atoms with van der Waals surface area (Å²) in [6.45, 7) is -0.472. The number of methoxy groups -OCH3 is 1. The average molecular weight is 432 g/mol. The third-order valence-corrected chi connectivity index (χ3v) is 6.05. The molecule has 0 heterocycles. The molecule has 0 fully saturated rings. The Morgan fingerprint density at radius 1 is 0.897 bits per heavy atom. The molecule has 150 valence electrons. The topological polar surface area (TPSA) is 72.9 Å². The third kappa shape index (κ3) is 5.07. The predicted octanol–water partition coefficient (Wildman–Crippen LogP) is 4.50. The molecule has 0 bridgehead atoms. The van der Waals surface area contributed by atoms with Crippen molar-refractivity contribution >= 4 is 33.3 Å². The molecule has 0 atom stereocenters. The molecule has 0 aliphatic heterocycles. The Morgan fingerprint density at radius 3 is 2.07 bits per heavy atom.